The number of alkyl carbamates (subject to hydrolysis) is 1. The van der Waals surface area contributed by atoms with Crippen LogP contribution in [-0.2, 0) is 19.1 Å². The molecule has 34 heavy (non-hydrogen) atoms. The molecule has 0 fully saturated rings. The van der Waals surface area contributed by atoms with Gasteiger partial charge in [-0.2, -0.15) is 13.2 Å². The Kier molecular flexibility index (Phi) is 10.4. The van der Waals surface area contributed by atoms with Crippen LogP contribution in [0.2, 0.25) is 5.02 Å². The average molecular weight is 507 g/mol. The van der Waals surface area contributed by atoms with Crippen LogP contribution < -0.4 is 10.6 Å². The zero-order valence-corrected chi connectivity index (χ0v) is 20.5. The van der Waals surface area contributed by atoms with Crippen molar-refractivity contribution < 1.29 is 37.0 Å². The number of nitrogens with one attached hydrogen (secondary N) is 2. The standard InChI is InChI=1S/C23H30ClF3N2O5/c1-7-10-33-21(32)29-19(14(3)23(25,26)27)20(31)28-17-12-15(8-9-16(17)24)13(2)11-18(30)34-22(4,5)6/h7-9,12-14,19H,1,10-11H2,2-6H3,(H,28,31)(H,29,32). The Morgan fingerprint density at radius 3 is 2.32 bits per heavy atom. The maximum atomic E-state index is 13.3. The zero-order chi connectivity index (χ0) is 26.3. The number of carbonyl (C=O) groups is 3. The van der Waals surface area contributed by atoms with Crippen LogP contribution in [0.1, 0.15) is 52.5 Å². The van der Waals surface area contributed by atoms with E-state index in [1.807, 2.05) is 5.32 Å². The molecule has 0 radical (unpaired) electrons. The van der Waals surface area contributed by atoms with E-state index in [1.165, 1.54) is 18.2 Å². The molecule has 0 aliphatic rings. The first-order chi connectivity index (χ1) is 15.5. The number of rotatable bonds is 9. The summed E-state index contributed by atoms with van der Waals surface area (Å²) in [6.07, 6.45) is -4.72. The molecule has 0 saturated heterocycles. The van der Waals surface area contributed by atoms with Gasteiger partial charge >= 0.3 is 18.2 Å². The molecule has 0 bridgehead atoms. The minimum Gasteiger partial charge on any atom is -0.460 e. The molecule has 3 atom stereocenters. The van der Waals surface area contributed by atoms with E-state index in [9.17, 15) is 27.6 Å². The Bertz CT molecular complexity index is 900. The van der Waals surface area contributed by atoms with Crippen molar-refractivity contribution in [3.63, 3.8) is 0 Å². The second-order valence-electron chi connectivity index (χ2n) is 8.76. The van der Waals surface area contributed by atoms with Gasteiger partial charge in [-0.1, -0.05) is 44.2 Å². The third-order valence-corrected chi connectivity index (χ3v) is 4.94. The Morgan fingerprint density at radius 2 is 1.79 bits per heavy atom. The Morgan fingerprint density at radius 1 is 1.18 bits per heavy atom. The van der Waals surface area contributed by atoms with E-state index in [0.29, 0.717) is 5.56 Å². The first-order valence-electron chi connectivity index (χ1n) is 10.5. The topological polar surface area (TPSA) is 93.7 Å². The number of carbonyl (C=O) groups excluding carboxylic acids is 3. The van der Waals surface area contributed by atoms with Crippen molar-refractivity contribution in [2.75, 3.05) is 11.9 Å². The maximum Gasteiger partial charge on any atom is 0.408 e. The summed E-state index contributed by atoms with van der Waals surface area (Å²) in [7, 11) is 0. The van der Waals surface area contributed by atoms with Crippen molar-refractivity contribution >= 4 is 35.3 Å². The number of hydrogen-bond acceptors (Lipinski definition) is 5. The van der Waals surface area contributed by atoms with Crippen LogP contribution in [0, 0.1) is 5.92 Å². The van der Waals surface area contributed by atoms with Crippen LogP contribution in [0.25, 0.3) is 0 Å². The molecular formula is C23H30ClF3N2O5. The van der Waals surface area contributed by atoms with E-state index >= 15 is 0 Å². The van der Waals surface area contributed by atoms with Crippen LogP contribution >= 0.6 is 11.6 Å². The Balaban J connectivity index is 3.08. The third kappa shape index (κ3) is 9.62. The van der Waals surface area contributed by atoms with Gasteiger partial charge in [0.15, 0.2) is 0 Å². The number of benzene rings is 1. The van der Waals surface area contributed by atoms with Crippen LogP contribution in [0.5, 0.6) is 0 Å². The molecule has 0 aromatic heterocycles. The largest absolute Gasteiger partial charge is 0.460 e. The normalized spacial score (nSPS) is 14.4. The molecule has 0 heterocycles. The molecule has 1 aromatic carbocycles. The Labute approximate surface area is 202 Å². The summed E-state index contributed by atoms with van der Waals surface area (Å²) in [6.45, 7) is 10.8. The summed E-state index contributed by atoms with van der Waals surface area (Å²) >= 11 is 6.13. The summed E-state index contributed by atoms with van der Waals surface area (Å²) in [4.78, 5) is 36.7. The number of ether oxygens (including phenoxy) is 2. The quantitative estimate of drug-likeness (QED) is 0.336. The highest BCUT2D eigenvalue weighted by Gasteiger charge is 2.45. The lowest BCUT2D eigenvalue weighted by Gasteiger charge is -2.26. The van der Waals surface area contributed by atoms with E-state index < -0.39 is 41.7 Å². The molecule has 0 aliphatic carbocycles. The van der Waals surface area contributed by atoms with Gasteiger partial charge in [0.2, 0.25) is 5.91 Å². The van der Waals surface area contributed by atoms with Crippen molar-refractivity contribution in [3.05, 3.63) is 41.4 Å². The monoisotopic (exact) mass is 506 g/mol. The van der Waals surface area contributed by atoms with Crippen LogP contribution in [0.3, 0.4) is 0 Å². The summed E-state index contributed by atoms with van der Waals surface area (Å²) in [5.74, 6) is -4.13. The predicted octanol–water partition coefficient (Wildman–Crippen LogP) is 5.59. The van der Waals surface area contributed by atoms with Crippen LogP contribution in [-0.4, -0.2) is 42.4 Å². The fourth-order valence-electron chi connectivity index (χ4n) is 2.82. The van der Waals surface area contributed by atoms with Gasteiger partial charge in [-0.25, -0.2) is 4.79 Å². The molecule has 190 valence electrons. The second-order valence-corrected chi connectivity index (χ2v) is 9.17. The van der Waals surface area contributed by atoms with Gasteiger partial charge in [0, 0.05) is 0 Å². The first kappa shape index (κ1) is 29.3. The molecule has 2 amide bonds. The minimum atomic E-state index is -4.78. The van der Waals surface area contributed by atoms with Crippen molar-refractivity contribution in [2.24, 2.45) is 5.92 Å². The van der Waals surface area contributed by atoms with E-state index in [-0.39, 0.29) is 29.7 Å². The molecule has 1 rings (SSSR count). The average Bonchev–Trinajstić information content (AvgIpc) is 2.69. The van der Waals surface area contributed by atoms with Crippen LogP contribution in [0.15, 0.2) is 30.9 Å². The minimum absolute atomic E-state index is 0.0286. The van der Waals surface area contributed by atoms with Gasteiger partial charge in [-0.3, -0.25) is 9.59 Å². The SMILES string of the molecule is C=CCOC(=O)NC(C(=O)Nc1cc(C(C)CC(=O)OC(C)(C)C)ccc1Cl)C(C)C(F)(F)F. The van der Waals surface area contributed by atoms with Gasteiger partial charge in [-0.15, -0.1) is 0 Å². The highest BCUT2D eigenvalue weighted by Crippen LogP contribution is 2.32. The summed E-state index contributed by atoms with van der Waals surface area (Å²) < 4.78 is 49.9. The molecule has 0 saturated carbocycles. The van der Waals surface area contributed by atoms with E-state index in [0.717, 1.165) is 6.92 Å². The lowest BCUT2D eigenvalue weighted by atomic mass is 9.96. The number of anilines is 1. The van der Waals surface area contributed by atoms with Crippen molar-refractivity contribution in [1.82, 2.24) is 5.32 Å². The second kappa shape index (κ2) is 12.1. The molecule has 0 spiro atoms. The maximum absolute atomic E-state index is 13.3. The molecule has 11 heteroatoms. The van der Waals surface area contributed by atoms with Crippen molar-refractivity contribution in [1.29, 1.82) is 0 Å². The fourth-order valence-corrected chi connectivity index (χ4v) is 2.98. The lowest BCUT2D eigenvalue weighted by molar-refractivity contribution is -0.178. The summed E-state index contributed by atoms with van der Waals surface area (Å²) in [5, 5.41) is 4.34. The van der Waals surface area contributed by atoms with E-state index in [4.69, 9.17) is 16.3 Å². The van der Waals surface area contributed by atoms with Gasteiger partial charge in [0.1, 0.15) is 18.2 Å². The molecular weight excluding hydrogens is 477 g/mol. The van der Waals surface area contributed by atoms with Crippen molar-refractivity contribution in [2.45, 2.75) is 64.8 Å². The van der Waals surface area contributed by atoms with E-state index in [2.05, 4.69) is 16.6 Å². The molecule has 3 unspecified atom stereocenters. The summed E-state index contributed by atoms with van der Waals surface area (Å²) in [6, 6.07) is 2.55. The predicted molar refractivity (Wildman–Crippen MR) is 123 cm³/mol. The number of amides is 2. The van der Waals surface area contributed by atoms with Gasteiger partial charge in [0.05, 0.1) is 23.0 Å². The first-order valence-corrected chi connectivity index (χ1v) is 10.9. The number of halogens is 4. The smallest absolute Gasteiger partial charge is 0.408 e. The van der Waals surface area contributed by atoms with Crippen molar-refractivity contribution in [3.8, 4) is 0 Å². The summed E-state index contributed by atoms with van der Waals surface area (Å²) in [5.41, 5.74) is -0.0230. The van der Waals surface area contributed by atoms with Gasteiger partial charge in [0.25, 0.3) is 0 Å². The number of hydrogen-bond donors (Lipinski definition) is 2. The molecule has 1 aromatic rings. The molecule has 2 N–H and O–H groups in total. The molecule has 0 aliphatic heterocycles. The third-order valence-electron chi connectivity index (χ3n) is 4.61. The highest BCUT2D eigenvalue weighted by atomic mass is 35.5. The molecule has 7 nitrogen and oxygen atoms in total. The fraction of sp³-hybridized carbons (Fsp3) is 0.522. The van der Waals surface area contributed by atoms with E-state index in [1.54, 1.807) is 33.8 Å². The zero-order valence-electron chi connectivity index (χ0n) is 19.7. The number of alkyl halides is 3. The van der Waals surface area contributed by atoms with Gasteiger partial charge in [-0.05, 0) is 44.4 Å². The van der Waals surface area contributed by atoms with Crippen LogP contribution in [0.4, 0.5) is 23.7 Å². The van der Waals surface area contributed by atoms with Gasteiger partial charge < -0.3 is 20.1 Å². The Hall–Kier alpha value is -2.75. The number of esters is 1. The lowest BCUT2D eigenvalue weighted by Crippen LogP contribution is -2.52. The highest BCUT2D eigenvalue weighted by molar-refractivity contribution is 6.33.